The van der Waals surface area contributed by atoms with Crippen LogP contribution in [0.2, 0.25) is 0 Å². The van der Waals surface area contributed by atoms with Gasteiger partial charge < -0.3 is 26.2 Å². The molecular formula is C49H58ClN13O9. The summed E-state index contributed by atoms with van der Waals surface area (Å²) in [4.78, 5) is 116. The molecule has 10 amide bonds. The lowest BCUT2D eigenvalue weighted by atomic mass is 10.0. The summed E-state index contributed by atoms with van der Waals surface area (Å²) >= 11 is 0. The van der Waals surface area contributed by atoms with E-state index in [1.165, 1.54) is 0 Å². The third kappa shape index (κ3) is 10.6. The van der Waals surface area contributed by atoms with Gasteiger partial charge in [0.15, 0.2) is 0 Å². The van der Waals surface area contributed by atoms with Gasteiger partial charge in [-0.1, -0.05) is 12.1 Å². The van der Waals surface area contributed by atoms with E-state index in [9.17, 15) is 43.2 Å². The largest absolute Gasteiger partial charge is 0.380 e. The van der Waals surface area contributed by atoms with Gasteiger partial charge in [-0.25, -0.2) is 4.79 Å². The van der Waals surface area contributed by atoms with E-state index < -0.39 is 59.3 Å². The van der Waals surface area contributed by atoms with Gasteiger partial charge in [-0.3, -0.25) is 68.2 Å². The average molecular weight is 1010 g/mol. The summed E-state index contributed by atoms with van der Waals surface area (Å²) in [7, 11) is 0. The number of benzene rings is 2. The number of rotatable bonds is 10. The quantitative estimate of drug-likeness (QED) is 0.125. The van der Waals surface area contributed by atoms with Crippen LogP contribution in [-0.2, 0) is 32.3 Å². The van der Waals surface area contributed by atoms with Gasteiger partial charge >= 0.3 is 6.03 Å². The minimum absolute atomic E-state index is 0. The summed E-state index contributed by atoms with van der Waals surface area (Å²) in [5, 5.41) is 26.3. The Balaban J connectivity index is 0.000000193. The zero-order valence-corrected chi connectivity index (χ0v) is 41.0. The van der Waals surface area contributed by atoms with Crippen molar-refractivity contribution in [2.75, 3.05) is 36.8 Å². The third-order valence-corrected chi connectivity index (χ3v) is 13.5. The van der Waals surface area contributed by atoms with E-state index in [2.05, 4.69) is 42.1 Å². The van der Waals surface area contributed by atoms with Crippen molar-refractivity contribution in [1.29, 1.82) is 0 Å². The lowest BCUT2D eigenvalue weighted by molar-refractivity contribution is -0.137. The van der Waals surface area contributed by atoms with Crippen LogP contribution in [0.5, 0.6) is 0 Å². The summed E-state index contributed by atoms with van der Waals surface area (Å²) in [5.74, 6) is -4.18. The number of fused-ring (bicyclic) bond motifs is 2. The first-order valence-corrected chi connectivity index (χ1v) is 24.1. The molecule has 23 heteroatoms. The molecule has 6 aliphatic rings. The van der Waals surface area contributed by atoms with E-state index >= 15 is 0 Å². The Bertz CT molecular complexity index is 2820. The van der Waals surface area contributed by atoms with E-state index in [0.29, 0.717) is 43.6 Å². The number of nitrogens with zero attached hydrogens (tertiary/aromatic N) is 7. The van der Waals surface area contributed by atoms with Gasteiger partial charge in [0, 0.05) is 79.5 Å². The molecule has 4 saturated heterocycles. The molecule has 8 heterocycles. The van der Waals surface area contributed by atoms with Crippen molar-refractivity contribution >= 4 is 77.1 Å². The van der Waals surface area contributed by atoms with Crippen LogP contribution in [0.3, 0.4) is 0 Å². The first kappa shape index (κ1) is 50.9. The second-order valence-electron chi connectivity index (χ2n) is 19.6. The molecule has 4 aromatic rings. The minimum Gasteiger partial charge on any atom is -0.380 e. The number of likely N-dealkylation sites (tertiary alicyclic amines) is 1. The first-order chi connectivity index (χ1) is 34.0. The molecule has 6 aliphatic heterocycles. The van der Waals surface area contributed by atoms with E-state index in [4.69, 9.17) is 0 Å². The molecular weight excluding hydrogens is 950 g/mol. The molecule has 22 nitrogen and oxygen atoms in total. The molecule has 0 radical (unpaired) electrons. The van der Waals surface area contributed by atoms with Gasteiger partial charge in [0.25, 0.3) is 23.6 Å². The van der Waals surface area contributed by atoms with Crippen molar-refractivity contribution in [3.63, 3.8) is 0 Å². The van der Waals surface area contributed by atoms with Gasteiger partial charge in [0.05, 0.1) is 46.7 Å². The Morgan fingerprint density at radius 3 is 1.50 bits per heavy atom. The Hall–Kier alpha value is -7.46. The molecule has 0 bridgehead atoms. The second-order valence-corrected chi connectivity index (χ2v) is 19.6. The Kier molecular flexibility index (Phi) is 14.9. The van der Waals surface area contributed by atoms with Crippen molar-refractivity contribution in [2.24, 2.45) is 0 Å². The maximum atomic E-state index is 13.3. The smallest absolute Gasteiger partial charge is 0.317 e. The number of halogens is 1. The van der Waals surface area contributed by atoms with E-state index in [-0.39, 0.29) is 78.0 Å². The molecule has 6 N–H and O–H groups in total. The number of hydrogen-bond acceptors (Lipinski definition) is 14. The Morgan fingerprint density at radius 2 is 1.07 bits per heavy atom. The monoisotopic (exact) mass is 1010 g/mol. The molecule has 0 saturated carbocycles. The molecule has 0 aliphatic carbocycles. The van der Waals surface area contributed by atoms with E-state index in [1.807, 2.05) is 47.4 Å². The number of imide groups is 4. The minimum atomic E-state index is -1.01. The number of hydrogen-bond donors (Lipinski definition) is 6. The van der Waals surface area contributed by atoms with Gasteiger partial charge in [-0.05, 0) is 96.7 Å². The summed E-state index contributed by atoms with van der Waals surface area (Å²) in [6, 6.07) is 8.55. The fraction of sp³-hybridized carbons (Fsp3) is 0.449. The number of aromatic nitrogens is 4. The van der Waals surface area contributed by atoms with Crippen LogP contribution >= 0.6 is 12.4 Å². The van der Waals surface area contributed by atoms with Gasteiger partial charge in [0.2, 0.25) is 23.6 Å². The fourth-order valence-electron chi connectivity index (χ4n) is 9.86. The van der Waals surface area contributed by atoms with Crippen LogP contribution in [0.15, 0.2) is 61.2 Å². The molecule has 2 atom stereocenters. The SMILES string of the molecule is CC(C)(C)NC(=O)N1CCC(n2cc(CNc3cccc4c3C(=O)N(C3CCC(=O)NC3=O)C4=O)cn2)CC1.Cl.O=C1CCC(N2C(=O)c3cccc(NCc4cnn(C5CCNCC5)c4)c3C2=O)C(=O)N1. The molecule has 380 valence electrons. The van der Waals surface area contributed by atoms with Crippen molar-refractivity contribution < 1.29 is 43.2 Å². The van der Waals surface area contributed by atoms with Crippen molar-refractivity contribution in [1.82, 2.24) is 55.5 Å². The van der Waals surface area contributed by atoms with E-state index in [0.717, 1.165) is 59.7 Å². The van der Waals surface area contributed by atoms with Crippen molar-refractivity contribution in [2.45, 2.75) is 115 Å². The third-order valence-electron chi connectivity index (χ3n) is 13.5. The molecule has 0 spiro atoms. The van der Waals surface area contributed by atoms with Gasteiger partial charge in [-0.2, -0.15) is 10.2 Å². The average Bonchev–Trinajstić information content (AvgIpc) is 4.14. The lowest BCUT2D eigenvalue weighted by Gasteiger charge is -2.34. The van der Waals surface area contributed by atoms with Crippen LogP contribution < -0.4 is 31.9 Å². The topological polar surface area (TPSA) is 271 Å². The molecule has 2 aromatic carbocycles. The maximum absolute atomic E-state index is 13.3. The van der Waals surface area contributed by atoms with Crippen molar-refractivity contribution in [3.8, 4) is 0 Å². The Labute approximate surface area is 420 Å². The molecule has 4 fully saturated rings. The highest BCUT2D eigenvalue weighted by molar-refractivity contribution is 6.26. The summed E-state index contributed by atoms with van der Waals surface area (Å²) < 4.78 is 3.91. The summed E-state index contributed by atoms with van der Waals surface area (Å²) in [6.45, 7) is 9.97. The number of anilines is 2. The highest BCUT2D eigenvalue weighted by atomic mass is 35.5. The highest BCUT2D eigenvalue weighted by Gasteiger charge is 2.47. The van der Waals surface area contributed by atoms with Crippen LogP contribution in [0.4, 0.5) is 16.2 Å². The summed E-state index contributed by atoms with van der Waals surface area (Å²) in [6.07, 6.45) is 11.6. The van der Waals surface area contributed by atoms with Crippen LogP contribution in [-0.4, -0.2) is 131 Å². The normalized spacial score (nSPS) is 20.6. The predicted molar refractivity (Wildman–Crippen MR) is 262 cm³/mol. The van der Waals surface area contributed by atoms with Crippen LogP contribution in [0.1, 0.15) is 137 Å². The number of carbonyl (C=O) groups excluding carboxylic acids is 9. The van der Waals surface area contributed by atoms with E-state index in [1.54, 1.807) is 48.8 Å². The zero-order chi connectivity index (χ0) is 50.1. The molecule has 2 unspecified atom stereocenters. The van der Waals surface area contributed by atoms with Crippen molar-refractivity contribution in [3.05, 3.63) is 94.6 Å². The lowest BCUT2D eigenvalue weighted by Crippen LogP contribution is -2.54. The fourth-order valence-corrected chi connectivity index (χ4v) is 9.86. The number of piperidine rings is 4. The number of nitrogens with one attached hydrogen (secondary N) is 6. The zero-order valence-electron chi connectivity index (χ0n) is 40.2. The predicted octanol–water partition coefficient (Wildman–Crippen LogP) is 3.28. The van der Waals surface area contributed by atoms with Gasteiger partial charge in [-0.15, -0.1) is 12.4 Å². The standard InChI is InChI=1S/C27H33N7O5.C22H24N6O4.ClH/c1-27(2,3)31-26(39)32-11-9-17(10-12-32)33-15-16(14-29-33)13-28-19-6-4-5-18-22(19)25(38)34(24(18)37)20-7-8-21(35)30-23(20)36;29-18-5-4-17(20(30)26-18)28-21(31)15-2-1-3-16(19(15)22(28)32)24-10-13-11-25-27(12-13)14-6-8-23-9-7-14;/h4-6,14-15,17,20,28H,7-13H2,1-3H3,(H,31,39)(H,30,35,36);1-3,11-12,14,17,23-24H,4-10H2,(H,26,29,30);1H. The highest BCUT2D eigenvalue weighted by Crippen LogP contribution is 2.35. The molecule has 10 rings (SSSR count). The summed E-state index contributed by atoms with van der Waals surface area (Å²) in [5.41, 5.74) is 3.59. The van der Waals surface area contributed by atoms with Crippen LogP contribution in [0, 0.1) is 0 Å². The molecule has 72 heavy (non-hydrogen) atoms. The number of urea groups is 1. The van der Waals surface area contributed by atoms with Crippen LogP contribution in [0.25, 0.3) is 0 Å². The second kappa shape index (κ2) is 21.1. The van der Waals surface area contributed by atoms with Gasteiger partial charge in [0.1, 0.15) is 12.1 Å². The Morgan fingerprint density at radius 1 is 0.625 bits per heavy atom. The number of amides is 10. The molecule has 2 aromatic heterocycles. The maximum Gasteiger partial charge on any atom is 0.317 e. The number of carbonyl (C=O) groups is 9. The first-order valence-electron chi connectivity index (χ1n) is 24.1.